The van der Waals surface area contributed by atoms with Crippen LogP contribution >= 0.6 is 0 Å². The predicted octanol–water partition coefficient (Wildman–Crippen LogP) is -0.573. The average molecular weight is 364 g/mol. The van der Waals surface area contributed by atoms with Gasteiger partial charge in [0.05, 0.1) is 19.8 Å². The highest BCUT2D eigenvalue weighted by molar-refractivity contribution is 6.21. The van der Waals surface area contributed by atoms with Gasteiger partial charge in [0.1, 0.15) is 17.9 Å². The lowest BCUT2D eigenvalue weighted by atomic mass is 10.1. The number of imidazole rings is 1. The number of carbonyl (C=O) groups is 3. The van der Waals surface area contributed by atoms with Gasteiger partial charge in [0, 0.05) is 7.05 Å². The van der Waals surface area contributed by atoms with Crippen LogP contribution in [-0.4, -0.2) is 70.0 Å². The summed E-state index contributed by atoms with van der Waals surface area (Å²) in [6.07, 6.45) is 0. The van der Waals surface area contributed by atoms with Gasteiger partial charge >= 0.3 is 17.9 Å². The Morgan fingerprint density at radius 1 is 1.35 bits per heavy atom. The fraction of sp³-hybridized carbons (Fsp3) is 0.562. The Balaban J connectivity index is 2.04. The van der Waals surface area contributed by atoms with Gasteiger partial charge < -0.3 is 9.84 Å². The summed E-state index contributed by atoms with van der Waals surface area (Å²) in [4.78, 5) is 44.0. The molecule has 10 heteroatoms. The van der Waals surface area contributed by atoms with E-state index < -0.39 is 30.5 Å². The Kier molecular flexibility index (Phi) is 4.53. The van der Waals surface area contributed by atoms with Crippen LogP contribution < -0.4 is 4.57 Å². The molecular weight excluding hydrogens is 342 g/mol. The Bertz CT molecular complexity index is 827. The maximum Gasteiger partial charge on any atom is 0.402 e. The highest BCUT2D eigenvalue weighted by Crippen LogP contribution is 2.35. The Morgan fingerprint density at radius 2 is 2.04 bits per heavy atom. The highest BCUT2D eigenvalue weighted by atomic mass is 16.5. The molecule has 0 aromatic carbocycles. The van der Waals surface area contributed by atoms with Crippen LogP contribution in [0.5, 0.6) is 0 Å². The molecule has 1 fully saturated rings. The summed E-state index contributed by atoms with van der Waals surface area (Å²) in [5.74, 6) is -0.352. The van der Waals surface area contributed by atoms with Gasteiger partial charge in [-0.1, -0.05) is 4.99 Å². The number of hydrogen-bond donors (Lipinski definition) is 1. The van der Waals surface area contributed by atoms with Crippen molar-refractivity contribution in [3.05, 3.63) is 11.4 Å². The van der Waals surface area contributed by atoms with Gasteiger partial charge in [0.15, 0.2) is 0 Å². The number of aliphatic hydroxyl groups is 1. The molecule has 1 aromatic heterocycles. The van der Waals surface area contributed by atoms with Crippen LogP contribution in [0.25, 0.3) is 0 Å². The molecule has 3 heterocycles. The zero-order chi connectivity index (χ0) is 19.2. The van der Waals surface area contributed by atoms with Crippen molar-refractivity contribution in [1.82, 2.24) is 14.4 Å². The topological polar surface area (TPSA) is 108 Å². The molecule has 26 heavy (non-hydrogen) atoms. The number of fused-ring (bicyclic) bond motifs is 3. The molecule has 3 rings (SSSR count). The van der Waals surface area contributed by atoms with Crippen molar-refractivity contribution in [3.63, 3.8) is 0 Å². The number of aliphatic imine (C=N–C) groups is 1. The molecule has 1 saturated heterocycles. The zero-order valence-corrected chi connectivity index (χ0v) is 15.2. The molecule has 2 aliphatic heterocycles. The smallest absolute Gasteiger partial charge is 0.402 e. The first-order valence-corrected chi connectivity index (χ1v) is 8.38. The third-order valence-corrected chi connectivity index (χ3v) is 4.74. The summed E-state index contributed by atoms with van der Waals surface area (Å²) < 4.78 is 8.41. The summed E-state index contributed by atoms with van der Waals surface area (Å²) >= 11 is 0. The third-order valence-electron chi connectivity index (χ3n) is 4.74. The fourth-order valence-electron chi connectivity index (χ4n) is 3.35. The Morgan fingerprint density at radius 3 is 2.65 bits per heavy atom. The van der Waals surface area contributed by atoms with Crippen LogP contribution in [0.1, 0.15) is 24.4 Å². The summed E-state index contributed by atoms with van der Waals surface area (Å²) in [5.41, 5.74) is 1.69. The minimum absolute atomic E-state index is 0.0742. The van der Waals surface area contributed by atoms with Crippen LogP contribution in [0, 0.1) is 13.8 Å². The molecule has 1 aromatic rings. The Labute approximate surface area is 150 Å². The number of amidine groups is 1. The number of aromatic nitrogens is 2. The Hall–Kier alpha value is -2.75. The van der Waals surface area contributed by atoms with Crippen LogP contribution in [0.4, 0.5) is 10.7 Å². The summed E-state index contributed by atoms with van der Waals surface area (Å²) in [7, 11) is 1.52. The van der Waals surface area contributed by atoms with Crippen molar-refractivity contribution in [1.29, 1.82) is 0 Å². The molecule has 2 aliphatic rings. The molecule has 140 valence electrons. The standard InChI is InChI=1S/C16H22N5O5/c1-5-26-11(23)8-20-14(24)12-13(18(4)16(20)25)17-15-19(6-7-22)9(2)10(3)21(12)15/h12,22H,5-8H2,1-4H3/q+1. The van der Waals surface area contributed by atoms with Crippen molar-refractivity contribution < 1.29 is 28.8 Å². The molecule has 0 radical (unpaired) electrons. The number of nitrogens with zero attached hydrogens (tertiary/aromatic N) is 5. The number of esters is 1. The van der Waals surface area contributed by atoms with E-state index in [9.17, 15) is 19.5 Å². The summed E-state index contributed by atoms with van der Waals surface area (Å²) in [6.45, 7) is 5.37. The molecule has 10 nitrogen and oxygen atoms in total. The largest absolute Gasteiger partial charge is 0.465 e. The van der Waals surface area contributed by atoms with E-state index in [1.807, 2.05) is 18.4 Å². The number of imide groups is 1. The van der Waals surface area contributed by atoms with Gasteiger partial charge in [0.25, 0.3) is 5.91 Å². The second-order valence-electron chi connectivity index (χ2n) is 6.16. The van der Waals surface area contributed by atoms with E-state index in [2.05, 4.69) is 4.99 Å². The minimum atomic E-state index is -0.819. The van der Waals surface area contributed by atoms with Gasteiger partial charge in [-0.2, -0.15) is 0 Å². The molecule has 3 amide bonds. The second-order valence-corrected chi connectivity index (χ2v) is 6.16. The molecule has 0 saturated carbocycles. The van der Waals surface area contributed by atoms with E-state index in [4.69, 9.17) is 4.74 Å². The van der Waals surface area contributed by atoms with Gasteiger partial charge in [-0.15, -0.1) is 0 Å². The van der Waals surface area contributed by atoms with Crippen LogP contribution in [0.3, 0.4) is 0 Å². The first-order valence-electron chi connectivity index (χ1n) is 8.38. The van der Waals surface area contributed by atoms with Crippen molar-refractivity contribution in [2.45, 2.75) is 33.4 Å². The lowest BCUT2D eigenvalue weighted by Crippen LogP contribution is -2.58. The second kappa shape index (κ2) is 6.52. The first kappa shape index (κ1) is 18.1. The summed E-state index contributed by atoms with van der Waals surface area (Å²) in [5, 5.41) is 9.31. The summed E-state index contributed by atoms with van der Waals surface area (Å²) in [6, 6.07) is -1.44. The number of carbonyl (C=O) groups excluding carboxylic acids is 3. The number of urea groups is 1. The van der Waals surface area contributed by atoms with E-state index in [0.717, 1.165) is 16.3 Å². The van der Waals surface area contributed by atoms with Gasteiger partial charge in [-0.05, 0) is 20.8 Å². The van der Waals surface area contributed by atoms with Gasteiger partial charge in [0.2, 0.25) is 11.9 Å². The lowest BCUT2D eigenvalue weighted by molar-refractivity contribution is -0.690. The number of amides is 3. The number of rotatable bonds is 5. The highest BCUT2D eigenvalue weighted by Gasteiger charge is 2.54. The van der Waals surface area contributed by atoms with E-state index in [1.54, 1.807) is 11.5 Å². The van der Waals surface area contributed by atoms with E-state index in [0.29, 0.717) is 18.3 Å². The van der Waals surface area contributed by atoms with Crippen molar-refractivity contribution in [2.75, 3.05) is 26.8 Å². The fourth-order valence-corrected chi connectivity index (χ4v) is 3.35. The van der Waals surface area contributed by atoms with Crippen molar-refractivity contribution in [3.8, 4) is 0 Å². The van der Waals surface area contributed by atoms with Gasteiger partial charge in [-0.3, -0.25) is 14.5 Å². The number of aliphatic hydroxyl groups excluding tert-OH is 1. The molecule has 1 unspecified atom stereocenters. The zero-order valence-electron chi connectivity index (χ0n) is 15.2. The lowest BCUT2D eigenvalue weighted by Gasteiger charge is -2.32. The monoisotopic (exact) mass is 364 g/mol. The normalized spacial score (nSPS) is 18.8. The van der Waals surface area contributed by atoms with E-state index in [-0.39, 0.29) is 13.2 Å². The van der Waals surface area contributed by atoms with Crippen molar-refractivity contribution in [2.24, 2.45) is 4.99 Å². The molecular formula is C16H22N5O5+. The molecule has 0 spiro atoms. The average Bonchev–Trinajstić information content (AvgIpc) is 3.09. The molecule has 0 aliphatic carbocycles. The van der Waals surface area contributed by atoms with Crippen LogP contribution in [0.15, 0.2) is 4.99 Å². The van der Waals surface area contributed by atoms with E-state index in [1.165, 1.54) is 11.9 Å². The molecule has 1 atom stereocenters. The van der Waals surface area contributed by atoms with Crippen molar-refractivity contribution >= 4 is 29.7 Å². The minimum Gasteiger partial charge on any atom is -0.465 e. The third kappa shape index (κ3) is 2.48. The molecule has 0 bridgehead atoms. The first-order chi connectivity index (χ1) is 12.3. The SMILES string of the molecule is CCOC(=O)CN1C(=O)C2C(=Nc3n2c(C)c(C)[n+]3CCO)N(C)C1=O. The predicted molar refractivity (Wildman–Crippen MR) is 88.8 cm³/mol. The number of likely N-dealkylation sites (N-methyl/N-ethyl adjacent to an activating group) is 1. The number of ether oxygens (including phenoxy) is 1. The maximum absolute atomic E-state index is 13.0. The van der Waals surface area contributed by atoms with E-state index >= 15 is 0 Å². The molecule has 1 N–H and O–H groups in total. The number of hydrogen-bond acceptors (Lipinski definition) is 6. The quantitative estimate of drug-likeness (QED) is 0.556. The van der Waals surface area contributed by atoms with Gasteiger partial charge in [-0.25, -0.2) is 18.8 Å². The van der Waals surface area contributed by atoms with Crippen LogP contribution in [0.2, 0.25) is 0 Å². The maximum atomic E-state index is 13.0. The van der Waals surface area contributed by atoms with Crippen LogP contribution in [-0.2, 0) is 20.9 Å².